The first-order valence-electron chi connectivity index (χ1n) is 8.76. The average molecular weight is 418 g/mol. The summed E-state index contributed by atoms with van der Waals surface area (Å²) in [7, 11) is 3.02. The number of methoxy groups -OCH3 is 2. The van der Waals surface area contributed by atoms with Gasteiger partial charge in [-0.1, -0.05) is 11.6 Å². The number of ether oxygens (including phenoxy) is 3. The number of hydrogen-bond donors (Lipinski definition) is 1. The van der Waals surface area contributed by atoms with Gasteiger partial charge in [-0.15, -0.1) is 0 Å². The summed E-state index contributed by atoms with van der Waals surface area (Å²) in [6.07, 6.45) is -1.05. The van der Waals surface area contributed by atoms with E-state index in [1.54, 1.807) is 43.3 Å². The second-order valence-electron chi connectivity index (χ2n) is 6.30. The molecule has 2 aromatic carbocycles. The van der Waals surface area contributed by atoms with E-state index in [9.17, 15) is 9.59 Å². The van der Waals surface area contributed by atoms with Crippen LogP contribution in [0.15, 0.2) is 40.8 Å². The van der Waals surface area contributed by atoms with Crippen LogP contribution < -0.4 is 14.8 Å². The van der Waals surface area contributed by atoms with Gasteiger partial charge in [-0.25, -0.2) is 4.79 Å². The van der Waals surface area contributed by atoms with Crippen molar-refractivity contribution in [3.63, 3.8) is 0 Å². The van der Waals surface area contributed by atoms with Crippen LogP contribution in [0.1, 0.15) is 23.0 Å². The van der Waals surface area contributed by atoms with E-state index in [4.69, 9.17) is 30.2 Å². The van der Waals surface area contributed by atoms with Crippen LogP contribution in [-0.4, -0.2) is 32.2 Å². The molecule has 0 fully saturated rings. The molecule has 0 radical (unpaired) electrons. The van der Waals surface area contributed by atoms with Gasteiger partial charge in [-0.2, -0.15) is 0 Å². The van der Waals surface area contributed by atoms with Crippen molar-refractivity contribution in [3.8, 4) is 11.5 Å². The van der Waals surface area contributed by atoms with Crippen LogP contribution in [0.25, 0.3) is 11.0 Å². The van der Waals surface area contributed by atoms with Crippen molar-refractivity contribution in [2.45, 2.75) is 20.0 Å². The minimum absolute atomic E-state index is 0.0352. The third kappa shape index (κ3) is 4.30. The van der Waals surface area contributed by atoms with Gasteiger partial charge in [0.1, 0.15) is 5.58 Å². The lowest BCUT2D eigenvalue weighted by Gasteiger charge is -2.14. The average Bonchev–Trinajstić information content (AvgIpc) is 3.03. The molecule has 0 unspecified atom stereocenters. The zero-order valence-corrected chi connectivity index (χ0v) is 17.1. The quantitative estimate of drug-likeness (QED) is 0.590. The molecule has 29 heavy (non-hydrogen) atoms. The second-order valence-corrected chi connectivity index (χ2v) is 6.74. The Balaban J connectivity index is 1.71. The summed E-state index contributed by atoms with van der Waals surface area (Å²) in [5.41, 5.74) is 1.59. The van der Waals surface area contributed by atoms with Crippen LogP contribution in [0.3, 0.4) is 0 Å². The molecule has 0 saturated heterocycles. The van der Waals surface area contributed by atoms with Gasteiger partial charge >= 0.3 is 5.97 Å². The highest BCUT2D eigenvalue weighted by Gasteiger charge is 2.24. The number of aryl methyl sites for hydroxylation is 1. The maximum atomic E-state index is 12.5. The molecule has 1 amide bonds. The molecule has 3 aromatic rings. The largest absolute Gasteiger partial charge is 0.493 e. The number of furan rings is 1. The molecular formula is C21H20ClNO6. The Morgan fingerprint density at radius 1 is 1.07 bits per heavy atom. The molecule has 3 rings (SSSR count). The number of amides is 1. The molecule has 0 aliphatic rings. The van der Waals surface area contributed by atoms with Gasteiger partial charge in [0.05, 0.1) is 14.2 Å². The van der Waals surface area contributed by atoms with Crippen molar-refractivity contribution < 1.29 is 28.2 Å². The molecular weight excluding hydrogens is 398 g/mol. The summed E-state index contributed by atoms with van der Waals surface area (Å²) in [6.45, 7) is 3.20. The number of nitrogens with one attached hydrogen (secondary N) is 1. The molecule has 152 valence electrons. The third-order valence-electron chi connectivity index (χ3n) is 4.39. The highest BCUT2D eigenvalue weighted by molar-refractivity contribution is 6.31. The number of hydrogen-bond acceptors (Lipinski definition) is 6. The Labute approximate surface area is 172 Å². The topological polar surface area (TPSA) is 87.0 Å². The fraction of sp³-hybridized carbons (Fsp3) is 0.238. The molecule has 0 spiro atoms. The highest BCUT2D eigenvalue weighted by Crippen LogP contribution is 2.30. The maximum Gasteiger partial charge on any atom is 0.375 e. The maximum absolute atomic E-state index is 12.5. The van der Waals surface area contributed by atoms with Gasteiger partial charge in [0.25, 0.3) is 5.91 Å². The van der Waals surface area contributed by atoms with E-state index in [2.05, 4.69) is 5.32 Å². The summed E-state index contributed by atoms with van der Waals surface area (Å²) in [5.74, 6) is -0.197. The lowest BCUT2D eigenvalue weighted by atomic mass is 10.1. The van der Waals surface area contributed by atoms with Crippen molar-refractivity contribution in [1.82, 2.24) is 0 Å². The summed E-state index contributed by atoms with van der Waals surface area (Å²) in [4.78, 5) is 24.9. The fourth-order valence-corrected chi connectivity index (χ4v) is 2.99. The van der Waals surface area contributed by atoms with Crippen molar-refractivity contribution in [3.05, 3.63) is 52.7 Å². The number of halogens is 1. The molecule has 0 aliphatic heterocycles. The third-order valence-corrected chi connectivity index (χ3v) is 4.62. The highest BCUT2D eigenvalue weighted by atomic mass is 35.5. The van der Waals surface area contributed by atoms with E-state index in [0.717, 1.165) is 0 Å². The second kappa shape index (κ2) is 8.45. The first kappa shape index (κ1) is 20.5. The first-order chi connectivity index (χ1) is 13.8. The summed E-state index contributed by atoms with van der Waals surface area (Å²) in [5, 5.41) is 3.92. The van der Waals surface area contributed by atoms with Gasteiger partial charge in [0, 0.05) is 27.7 Å². The molecule has 8 heteroatoms. The van der Waals surface area contributed by atoms with E-state index in [1.807, 2.05) is 0 Å². The van der Waals surface area contributed by atoms with Gasteiger partial charge < -0.3 is 23.9 Å². The van der Waals surface area contributed by atoms with E-state index in [-0.39, 0.29) is 5.76 Å². The van der Waals surface area contributed by atoms with E-state index < -0.39 is 18.0 Å². The first-order valence-corrected chi connectivity index (χ1v) is 9.14. The molecule has 1 heterocycles. The zero-order valence-electron chi connectivity index (χ0n) is 16.4. The minimum atomic E-state index is -1.05. The summed E-state index contributed by atoms with van der Waals surface area (Å²) in [6, 6.07) is 9.98. The number of benzene rings is 2. The van der Waals surface area contributed by atoms with Crippen molar-refractivity contribution >= 4 is 40.1 Å². The predicted octanol–water partition coefficient (Wildman–Crippen LogP) is 4.60. The molecule has 1 atom stereocenters. The number of fused-ring (bicyclic) bond motifs is 1. The lowest BCUT2D eigenvalue weighted by Crippen LogP contribution is -2.30. The zero-order chi connectivity index (χ0) is 21.1. The summed E-state index contributed by atoms with van der Waals surface area (Å²) < 4.78 is 21.2. The Morgan fingerprint density at radius 3 is 2.48 bits per heavy atom. The molecule has 0 saturated carbocycles. The molecule has 0 bridgehead atoms. The number of anilines is 1. The van der Waals surface area contributed by atoms with Gasteiger partial charge in [0.2, 0.25) is 5.76 Å². The van der Waals surface area contributed by atoms with Crippen LogP contribution in [0.5, 0.6) is 11.5 Å². The SMILES string of the molecule is COc1ccc(NC(=O)[C@@H](C)OC(=O)c2oc3ccc(Cl)cc3c2C)cc1OC. The lowest BCUT2D eigenvalue weighted by molar-refractivity contribution is -0.123. The van der Waals surface area contributed by atoms with E-state index in [1.165, 1.54) is 21.1 Å². The number of carbonyl (C=O) groups is 2. The summed E-state index contributed by atoms with van der Waals surface area (Å²) >= 11 is 6.00. The number of esters is 1. The van der Waals surface area contributed by atoms with Crippen LogP contribution in [0, 0.1) is 6.92 Å². The predicted molar refractivity (Wildman–Crippen MR) is 109 cm³/mol. The van der Waals surface area contributed by atoms with Crippen LogP contribution >= 0.6 is 11.6 Å². The smallest absolute Gasteiger partial charge is 0.375 e. The Kier molecular flexibility index (Phi) is 5.98. The normalized spacial score (nSPS) is 11.8. The monoisotopic (exact) mass is 417 g/mol. The van der Waals surface area contributed by atoms with Crippen molar-refractivity contribution in [1.29, 1.82) is 0 Å². The van der Waals surface area contributed by atoms with Crippen molar-refractivity contribution in [2.75, 3.05) is 19.5 Å². The van der Waals surface area contributed by atoms with Crippen LogP contribution in [0.4, 0.5) is 5.69 Å². The molecule has 1 N–H and O–H groups in total. The van der Waals surface area contributed by atoms with E-state index >= 15 is 0 Å². The Hall–Kier alpha value is -3.19. The van der Waals surface area contributed by atoms with Gasteiger partial charge in [-0.05, 0) is 44.2 Å². The Bertz CT molecular complexity index is 1070. The fourth-order valence-electron chi connectivity index (χ4n) is 2.81. The minimum Gasteiger partial charge on any atom is -0.493 e. The van der Waals surface area contributed by atoms with Crippen LogP contribution in [-0.2, 0) is 9.53 Å². The van der Waals surface area contributed by atoms with Gasteiger partial charge in [-0.3, -0.25) is 4.79 Å². The molecule has 0 aliphatic carbocycles. The van der Waals surface area contributed by atoms with Crippen LogP contribution in [0.2, 0.25) is 5.02 Å². The van der Waals surface area contributed by atoms with E-state index in [0.29, 0.717) is 38.7 Å². The van der Waals surface area contributed by atoms with Gasteiger partial charge in [0.15, 0.2) is 17.6 Å². The number of rotatable bonds is 6. The van der Waals surface area contributed by atoms with Crippen molar-refractivity contribution in [2.24, 2.45) is 0 Å². The standard InChI is InChI=1S/C21H20ClNO6/c1-11-15-9-13(22)5-7-16(15)29-19(11)21(25)28-12(2)20(24)23-14-6-8-17(26-3)18(10-14)27-4/h5-10,12H,1-4H3,(H,23,24)/t12-/m1/s1. The Morgan fingerprint density at radius 2 is 1.79 bits per heavy atom. The molecule has 7 nitrogen and oxygen atoms in total. The number of carbonyl (C=O) groups excluding carboxylic acids is 2. The molecule has 1 aromatic heterocycles.